The number of nitrogens with one attached hydrogen (secondary N) is 2. The highest BCUT2D eigenvalue weighted by Crippen LogP contribution is 2.25. The molecular weight excluding hydrogens is 266 g/mol. The molecule has 0 bridgehead atoms. The highest BCUT2D eigenvalue weighted by molar-refractivity contribution is 7.71. The van der Waals surface area contributed by atoms with Gasteiger partial charge in [-0.25, -0.2) is 4.98 Å². The smallest absolute Gasteiger partial charge is 0.309 e. The van der Waals surface area contributed by atoms with Gasteiger partial charge in [0.1, 0.15) is 11.9 Å². The van der Waals surface area contributed by atoms with Gasteiger partial charge in [0.25, 0.3) is 0 Å². The van der Waals surface area contributed by atoms with Crippen LogP contribution in [0.2, 0.25) is 0 Å². The van der Waals surface area contributed by atoms with Crippen molar-refractivity contribution >= 4 is 18.2 Å². The van der Waals surface area contributed by atoms with Crippen molar-refractivity contribution in [3.05, 3.63) is 10.6 Å². The number of nitrogens with zero attached hydrogens (tertiary/aromatic N) is 1. The van der Waals surface area contributed by atoms with Gasteiger partial charge in [0.15, 0.2) is 0 Å². The Hall–Kier alpha value is -1.21. The molecule has 0 radical (unpaired) electrons. The second-order valence-corrected chi connectivity index (χ2v) is 5.11. The molecule has 2 heterocycles. The van der Waals surface area contributed by atoms with Gasteiger partial charge in [-0.3, -0.25) is 15.0 Å². The van der Waals surface area contributed by atoms with Crippen LogP contribution >= 0.6 is 12.2 Å². The predicted octanol–water partition coefficient (Wildman–Crippen LogP) is 1.76. The molecule has 0 aromatic carbocycles. The Morgan fingerprint density at radius 1 is 1.53 bits per heavy atom. The standard InChI is InChI=1S/C12H19N3O3S/c1-2-5-17-7-9-6-8(11(16)18-9)3-4-10-13-12(19)15-14-10/h8-9H,2-7H2,1H3,(H2,13,14,15,19)/t8-,9-/m1/s1. The van der Waals surface area contributed by atoms with Crippen molar-refractivity contribution in [1.82, 2.24) is 15.2 Å². The first-order valence-corrected chi connectivity index (χ1v) is 7.01. The maximum Gasteiger partial charge on any atom is 0.309 e. The van der Waals surface area contributed by atoms with Crippen molar-refractivity contribution in [2.75, 3.05) is 13.2 Å². The molecule has 1 aromatic heterocycles. The van der Waals surface area contributed by atoms with E-state index >= 15 is 0 Å². The number of aryl methyl sites for hydroxylation is 1. The number of carbonyl (C=O) groups excluding carboxylic acids is 1. The minimum absolute atomic E-state index is 0.0612. The molecule has 0 aliphatic carbocycles. The van der Waals surface area contributed by atoms with Crippen LogP contribution in [0, 0.1) is 10.7 Å². The van der Waals surface area contributed by atoms with Crippen LogP contribution in [0.3, 0.4) is 0 Å². The largest absolute Gasteiger partial charge is 0.460 e. The van der Waals surface area contributed by atoms with Gasteiger partial charge in [0.2, 0.25) is 4.77 Å². The fourth-order valence-electron chi connectivity index (χ4n) is 2.15. The quantitative estimate of drug-likeness (QED) is 0.453. The van der Waals surface area contributed by atoms with E-state index < -0.39 is 0 Å². The number of carbonyl (C=O) groups is 1. The van der Waals surface area contributed by atoms with E-state index in [9.17, 15) is 4.79 Å². The topological polar surface area (TPSA) is 80.0 Å². The van der Waals surface area contributed by atoms with Gasteiger partial charge in [0.05, 0.1) is 12.5 Å². The minimum Gasteiger partial charge on any atom is -0.460 e. The van der Waals surface area contributed by atoms with Crippen molar-refractivity contribution < 1.29 is 14.3 Å². The molecule has 6 nitrogen and oxygen atoms in total. The summed E-state index contributed by atoms with van der Waals surface area (Å²) >= 11 is 4.88. The van der Waals surface area contributed by atoms with Crippen molar-refractivity contribution in [3.8, 4) is 0 Å². The van der Waals surface area contributed by atoms with Crippen LogP contribution in [0.4, 0.5) is 0 Å². The number of cyclic esters (lactones) is 1. The number of aromatic amines is 2. The van der Waals surface area contributed by atoms with Gasteiger partial charge in [-0.05, 0) is 31.5 Å². The lowest BCUT2D eigenvalue weighted by atomic mass is 9.99. The summed E-state index contributed by atoms with van der Waals surface area (Å²) in [5.41, 5.74) is 0. The summed E-state index contributed by atoms with van der Waals surface area (Å²) in [4.78, 5) is 15.8. The molecule has 7 heteroatoms. The third-order valence-corrected chi connectivity index (χ3v) is 3.29. The lowest BCUT2D eigenvalue weighted by Gasteiger charge is -2.08. The zero-order chi connectivity index (χ0) is 13.7. The first kappa shape index (κ1) is 14.2. The van der Waals surface area contributed by atoms with Gasteiger partial charge < -0.3 is 9.47 Å². The molecule has 19 heavy (non-hydrogen) atoms. The normalized spacial score (nSPS) is 22.7. The number of hydrogen-bond donors (Lipinski definition) is 2. The molecule has 0 spiro atoms. The Bertz CT molecular complexity index is 471. The number of rotatable bonds is 7. The Kier molecular flexibility index (Phi) is 5.09. The number of ether oxygens (including phenoxy) is 2. The van der Waals surface area contributed by atoms with E-state index in [1.807, 2.05) is 0 Å². The van der Waals surface area contributed by atoms with E-state index in [-0.39, 0.29) is 18.0 Å². The van der Waals surface area contributed by atoms with Gasteiger partial charge in [0, 0.05) is 13.0 Å². The van der Waals surface area contributed by atoms with E-state index in [0.717, 1.165) is 25.1 Å². The van der Waals surface area contributed by atoms with E-state index in [0.29, 0.717) is 24.4 Å². The fourth-order valence-corrected chi connectivity index (χ4v) is 2.31. The highest BCUT2D eigenvalue weighted by Gasteiger charge is 2.34. The Morgan fingerprint density at radius 2 is 2.37 bits per heavy atom. The van der Waals surface area contributed by atoms with Crippen LogP contribution in [0.5, 0.6) is 0 Å². The van der Waals surface area contributed by atoms with Crippen molar-refractivity contribution in [3.63, 3.8) is 0 Å². The van der Waals surface area contributed by atoms with E-state index in [1.165, 1.54) is 0 Å². The fraction of sp³-hybridized carbons (Fsp3) is 0.750. The molecular formula is C12H19N3O3S. The van der Waals surface area contributed by atoms with Crippen LogP contribution in [0.25, 0.3) is 0 Å². The number of H-pyrrole nitrogens is 2. The first-order valence-electron chi connectivity index (χ1n) is 6.60. The van der Waals surface area contributed by atoms with E-state index in [2.05, 4.69) is 22.1 Å². The summed E-state index contributed by atoms with van der Waals surface area (Å²) in [6, 6.07) is 0. The molecule has 1 aliphatic heterocycles. The van der Waals surface area contributed by atoms with Crippen molar-refractivity contribution in [2.45, 2.75) is 38.7 Å². The molecule has 0 unspecified atom stereocenters. The number of hydrogen-bond acceptors (Lipinski definition) is 5. The second-order valence-electron chi connectivity index (χ2n) is 4.72. The lowest BCUT2D eigenvalue weighted by molar-refractivity contribution is -0.146. The second kappa shape index (κ2) is 6.81. The van der Waals surface area contributed by atoms with Crippen molar-refractivity contribution in [2.24, 2.45) is 5.92 Å². The molecule has 0 amide bonds. The monoisotopic (exact) mass is 285 g/mol. The van der Waals surface area contributed by atoms with Crippen molar-refractivity contribution in [1.29, 1.82) is 0 Å². The van der Waals surface area contributed by atoms with Gasteiger partial charge >= 0.3 is 5.97 Å². The Labute approximate surface area is 116 Å². The maximum absolute atomic E-state index is 11.7. The summed E-state index contributed by atoms with van der Waals surface area (Å²) in [6.45, 7) is 3.26. The zero-order valence-electron chi connectivity index (χ0n) is 11.0. The number of esters is 1. The van der Waals surface area contributed by atoms with Gasteiger partial charge in [-0.2, -0.15) is 0 Å². The molecule has 106 valence electrons. The van der Waals surface area contributed by atoms with Gasteiger partial charge in [-0.1, -0.05) is 6.92 Å². The Balaban J connectivity index is 1.75. The van der Waals surface area contributed by atoms with E-state index in [4.69, 9.17) is 21.7 Å². The molecule has 1 saturated heterocycles. The van der Waals surface area contributed by atoms with Crippen LogP contribution in [-0.2, 0) is 20.7 Å². The van der Waals surface area contributed by atoms with Gasteiger partial charge in [-0.15, -0.1) is 0 Å². The third kappa shape index (κ3) is 4.14. The molecule has 2 atom stereocenters. The highest BCUT2D eigenvalue weighted by atomic mass is 32.1. The van der Waals surface area contributed by atoms with Crippen LogP contribution in [0.15, 0.2) is 0 Å². The van der Waals surface area contributed by atoms with Crippen LogP contribution in [0.1, 0.15) is 32.0 Å². The summed E-state index contributed by atoms with van der Waals surface area (Å²) in [5, 5.41) is 5.62. The third-order valence-electron chi connectivity index (χ3n) is 3.10. The lowest BCUT2D eigenvalue weighted by Crippen LogP contribution is -2.15. The summed E-state index contributed by atoms with van der Waals surface area (Å²) in [5.74, 6) is 0.594. The molecule has 1 aliphatic rings. The zero-order valence-corrected chi connectivity index (χ0v) is 11.8. The molecule has 0 saturated carbocycles. The Morgan fingerprint density at radius 3 is 3.05 bits per heavy atom. The maximum atomic E-state index is 11.7. The first-order chi connectivity index (χ1) is 9.19. The summed E-state index contributed by atoms with van der Waals surface area (Å²) < 4.78 is 11.1. The predicted molar refractivity (Wildman–Crippen MR) is 71.2 cm³/mol. The summed E-state index contributed by atoms with van der Waals surface area (Å²) in [6.07, 6.45) is 3.02. The molecule has 2 rings (SSSR count). The average Bonchev–Trinajstić information content (AvgIpc) is 2.94. The molecule has 2 N–H and O–H groups in total. The SMILES string of the molecule is CCCOC[C@H]1C[C@@H](CCc2nc(=S)[nH][nH]2)C(=O)O1. The summed E-state index contributed by atoms with van der Waals surface area (Å²) in [7, 11) is 0. The van der Waals surface area contributed by atoms with Crippen LogP contribution < -0.4 is 0 Å². The molecule has 1 fully saturated rings. The van der Waals surface area contributed by atoms with Crippen LogP contribution in [-0.4, -0.2) is 40.5 Å². The minimum atomic E-state index is -0.126. The van der Waals surface area contributed by atoms with E-state index in [1.54, 1.807) is 0 Å². The average molecular weight is 285 g/mol. The number of aromatic nitrogens is 3. The molecule has 1 aromatic rings.